The molecule has 21 heavy (non-hydrogen) atoms. The van der Waals surface area contributed by atoms with Crippen LogP contribution in [0.15, 0.2) is 54.6 Å². The van der Waals surface area contributed by atoms with Crippen LogP contribution in [-0.2, 0) is 11.2 Å². The first kappa shape index (κ1) is 13.8. The third kappa shape index (κ3) is 2.69. The largest absolute Gasteiger partial charge is 0.351 e. The summed E-state index contributed by atoms with van der Waals surface area (Å²) in [6, 6.07) is 17.8. The van der Waals surface area contributed by atoms with Crippen molar-refractivity contribution in [3.05, 3.63) is 71.3 Å². The van der Waals surface area contributed by atoms with E-state index < -0.39 is 0 Å². The van der Waals surface area contributed by atoms with Crippen molar-refractivity contribution in [3.8, 4) is 0 Å². The molecule has 0 saturated heterocycles. The van der Waals surface area contributed by atoms with E-state index in [2.05, 4.69) is 11.4 Å². The van der Waals surface area contributed by atoms with Gasteiger partial charge in [-0.2, -0.15) is 0 Å². The van der Waals surface area contributed by atoms with Gasteiger partial charge in [-0.25, -0.2) is 0 Å². The molecule has 3 rings (SSSR count). The van der Waals surface area contributed by atoms with E-state index in [9.17, 15) is 4.79 Å². The Morgan fingerprint density at radius 2 is 1.81 bits per heavy atom. The van der Waals surface area contributed by atoms with Crippen molar-refractivity contribution in [1.29, 1.82) is 0 Å². The van der Waals surface area contributed by atoms with Crippen LogP contribution in [0.25, 0.3) is 0 Å². The monoisotopic (exact) mass is 280 g/mol. The summed E-state index contributed by atoms with van der Waals surface area (Å²) in [4.78, 5) is 12.4. The predicted molar refractivity (Wildman–Crippen MR) is 83.9 cm³/mol. The van der Waals surface area contributed by atoms with Crippen molar-refractivity contribution in [1.82, 2.24) is 5.32 Å². The normalized spacial score (nSPS) is 21.6. The van der Waals surface area contributed by atoms with Crippen molar-refractivity contribution < 1.29 is 4.79 Å². The van der Waals surface area contributed by atoms with Gasteiger partial charge in [-0.15, -0.1) is 0 Å². The van der Waals surface area contributed by atoms with Crippen LogP contribution in [0.1, 0.15) is 35.6 Å². The first-order valence-corrected chi connectivity index (χ1v) is 7.35. The van der Waals surface area contributed by atoms with Gasteiger partial charge in [0.1, 0.15) is 0 Å². The summed E-state index contributed by atoms with van der Waals surface area (Å²) in [5, 5.41) is 3.11. The van der Waals surface area contributed by atoms with E-state index in [4.69, 9.17) is 5.73 Å². The predicted octanol–water partition coefficient (Wildman–Crippen LogP) is 2.53. The number of benzene rings is 2. The molecule has 1 amide bonds. The Bertz CT molecular complexity index is 639. The van der Waals surface area contributed by atoms with E-state index in [-0.39, 0.29) is 23.9 Å². The van der Waals surface area contributed by atoms with Crippen LogP contribution in [0.4, 0.5) is 0 Å². The molecule has 3 nitrogen and oxygen atoms in total. The summed E-state index contributed by atoms with van der Waals surface area (Å²) in [7, 11) is 0. The fraction of sp³-hybridized carbons (Fsp3) is 0.278. The number of carbonyl (C=O) groups is 1. The second kappa shape index (κ2) is 5.70. The highest BCUT2D eigenvalue weighted by Crippen LogP contribution is 2.29. The minimum absolute atomic E-state index is 0.0129. The fourth-order valence-electron chi connectivity index (χ4n) is 2.97. The first-order chi connectivity index (χ1) is 10.2. The van der Waals surface area contributed by atoms with Crippen LogP contribution < -0.4 is 11.1 Å². The summed E-state index contributed by atoms with van der Waals surface area (Å²) in [6.45, 7) is 1.93. The average molecular weight is 280 g/mol. The maximum atomic E-state index is 12.4. The van der Waals surface area contributed by atoms with Crippen LogP contribution in [0.5, 0.6) is 0 Å². The lowest BCUT2D eigenvalue weighted by Crippen LogP contribution is -2.42. The number of hydrogen-bond donors (Lipinski definition) is 2. The number of nitrogens with two attached hydrogens (primary N) is 1. The van der Waals surface area contributed by atoms with Crippen molar-refractivity contribution >= 4 is 5.91 Å². The summed E-state index contributed by atoms with van der Waals surface area (Å²) in [5.74, 6) is -0.128. The summed E-state index contributed by atoms with van der Waals surface area (Å²) in [6.07, 6.45) is 0.810. The van der Waals surface area contributed by atoms with Crippen LogP contribution >= 0.6 is 0 Å². The maximum absolute atomic E-state index is 12.4. The minimum atomic E-state index is -0.165. The van der Waals surface area contributed by atoms with Crippen molar-refractivity contribution in [3.63, 3.8) is 0 Å². The van der Waals surface area contributed by atoms with Crippen LogP contribution in [0.3, 0.4) is 0 Å². The maximum Gasteiger partial charge on any atom is 0.227 e. The van der Waals surface area contributed by atoms with Gasteiger partial charge in [-0.05, 0) is 30.0 Å². The Labute approximate surface area is 125 Å². The lowest BCUT2D eigenvalue weighted by atomic mass is 9.99. The number of rotatable bonds is 3. The molecule has 3 atom stereocenters. The molecule has 1 unspecified atom stereocenters. The molecule has 0 heterocycles. The van der Waals surface area contributed by atoms with Gasteiger partial charge in [0.05, 0.1) is 18.0 Å². The fourth-order valence-corrected chi connectivity index (χ4v) is 2.97. The minimum Gasteiger partial charge on any atom is -0.351 e. The molecule has 1 aliphatic carbocycles. The van der Waals surface area contributed by atoms with Gasteiger partial charge in [0, 0.05) is 0 Å². The molecule has 0 fully saturated rings. The van der Waals surface area contributed by atoms with Gasteiger partial charge < -0.3 is 11.1 Å². The molecule has 3 heteroatoms. The molecule has 108 valence electrons. The molecular weight excluding hydrogens is 260 g/mol. The number of carbonyl (C=O) groups excluding carboxylic acids is 1. The van der Waals surface area contributed by atoms with E-state index in [0.717, 1.165) is 17.5 Å². The number of fused-ring (bicyclic) bond motifs is 1. The zero-order chi connectivity index (χ0) is 14.8. The quantitative estimate of drug-likeness (QED) is 0.907. The smallest absolute Gasteiger partial charge is 0.227 e. The Morgan fingerprint density at radius 1 is 1.14 bits per heavy atom. The molecule has 2 aromatic carbocycles. The molecule has 0 aliphatic heterocycles. The third-order valence-electron chi connectivity index (χ3n) is 4.31. The second-order valence-electron chi connectivity index (χ2n) is 5.68. The molecule has 0 radical (unpaired) electrons. The first-order valence-electron chi connectivity index (χ1n) is 7.35. The highest BCUT2D eigenvalue weighted by molar-refractivity contribution is 5.83. The van der Waals surface area contributed by atoms with E-state index in [0.29, 0.717) is 0 Å². The molecule has 2 aromatic rings. The van der Waals surface area contributed by atoms with Gasteiger partial charge in [0.15, 0.2) is 0 Å². The molecule has 0 bridgehead atoms. The zero-order valence-corrected chi connectivity index (χ0v) is 12.1. The van der Waals surface area contributed by atoms with Gasteiger partial charge in [-0.1, -0.05) is 54.6 Å². The molecule has 0 spiro atoms. The van der Waals surface area contributed by atoms with Gasteiger partial charge in [0.25, 0.3) is 0 Å². The van der Waals surface area contributed by atoms with E-state index in [1.54, 1.807) is 0 Å². The highest BCUT2D eigenvalue weighted by Gasteiger charge is 2.31. The number of nitrogens with one attached hydrogen (secondary N) is 1. The second-order valence-corrected chi connectivity index (χ2v) is 5.68. The Morgan fingerprint density at radius 3 is 2.52 bits per heavy atom. The van der Waals surface area contributed by atoms with Crippen LogP contribution in [0, 0.1) is 0 Å². The molecular formula is C18H20N2O. The Kier molecular flexibility index (Phi) is 3.76. The number of hydrogen-bond acceptors (Lipinski definition) is 2. The topological polar surface area (TPSA) is 55.1 Å². The van der Waals surface area contributed by atoms with Crippen molar-refractivity contribution in [2.75, 3.05) is 0 Å². The molecule has 1 aliphatic rings. The Balaban J connectivity index is 1.70. The van der Waals surface area contributed by atoms with Crippen LogP contribution in [0.2, 0.25) is 0 Å². The lowest BCUT2D eigenvalue weighted by Gasteiger charge is -2.20. The van der Waals surface area contributed by atoms with E-state index in [1.165, 1.54) is 5.56 Å². The molecule has 0 saturated carbocycles. The van der Waals surface area contributed by atoms with E-state index in [1.807, 2.05) is 55.5 Å². The molecule has 3 N–H and O–H groups in total. The Hall–Kier alpha value is -2.13. The lowest BCUT2D eigenvalue weighted by molar-refractivity contribution is -0.123. The zero-order valence-electron chi connectivity index (χ0n) is 12.1. The average Bonchev–Trinajstić information content (AvgIpc) is 2.84. The van der Waals surface area contributed by atoms with Gasteiger partial charge in [0.2, 0.25) is 5.91 Å². The highest BCUT2D eigenvalue weighted by atomic mass is 16.1. The van der Waals surface area contributed by atoms with Crippen molar-refractivity contribution in [2.24, 2.45) is 5.73 Å². The van der Waals surface area contributed by atoms with Gasteiger partial charge >= 0.3 is 0 Å². The van der Waals surface area contributed by atoms with E-state index >= 15 is 0 Å². The summed E-state index contributed by atoms with van der Waals surface area (Å²) in [5.41, 5.74) is 9.68. The molecule has 0 aromatic heterocycles. The third-order valence-corrected chi connectivity index (χ3v) is 4.31. The number of amides is 1. The van der Waals surface area contributed by atoms with Crippen LogP contribution in [-0.4, -0.2) is 11.9 Å². The van der Waals surface area contributed by atoms with Crippen molar-refractivity contribution in [2.45, 2.75) is 31.3 Å². The standard InChI is InChI=1S/C18H20N2O/c1-12(13-7-3-2-4-8-13)18(21)20-16-11-14-9-5-6-10-15(14)17(16)19/h2-10,12,16-17H,11,19H2,1H3,(H,20,21)/t12?,16-,17-/m0/s1. The summed E-state index contributed by atoms with van der Waals surface area (Å²) < 4.78 is 0. The van der Waals surface area contributed by atoms with Gasteiger partial charge in [-0.3, -0.25) is 4.79 Å². The summed E-state index contributed by atoms with van der Waals surface area (Å²) >= 11 is 0. The SMILES string of the molecule is CC(C(=O)N[C@H]1Cc2ccccc2[C@@H]1N)c1ccccc1.